The van der Waals surface area contributed by atoms with Gasteiger partial charge in [-0.1, -0.05) is 6.07 Å². The number of nitrogens with zero attached hydrogens (tertiary/aromatic N) is 1. The predicted octanol–water partition coefficient (Wildman–Crippen LogP) is 2.77. The fourth-order valence-electron chi connectivity index (χ4n) is 2.30. The highest BCUT2D eigenvalue weighted by Crippen LogP contribution is 2.26. The molecule has 0 saturated carbocycles. The summed E-state index contributed by atoms with van der Waals surface area (Å²) in [6.45, 7) is 1.93. The van der Waals surface area contributed by atoms with Crippen LogP contribution in [0.1, 0.15) is 5.56 Å². The monoisotopic (exact) mass is 272 g/mol. The molecule has 0 aliphatic rings. The van der Waals surface area contributed by atoms with Crippen LogP contribution in [0.15, 0.2) is 41.2 Å². The normalized spacial score (nSPS) is 10.9. The van der Waals surface area contributed by atoms with E-state index in [-0.39, 0.29) is 11.5 Å². The minimum Gasteiger partial charge on any atom is -0.495 e. The van der Waals surface area contributed by atoms with Gasteiger partial charge in [-0.15, -0.1) is 0 Å². The van der Waals surface area contributed by atoms with Crippen LogP contribution in [-0.2, 0) is 0 Å². The van der Waals surface area contributed by atoms with Crippen molar-refractivity contribution in [1.29, 1.82) is 0 Å². The van der Waals surface area contributed by atoms with Gasteiger partial charge in [0.05, 0.1) is 23.8 Å². The highest BCUT2D eigenvalue weighted by molar-refractivity contribution is 5.78. The molecule has 0 amide bonds. The van der Waals surface area contributed by atoms with E-state index >= 15 is 0 Å². The lowest BCUT2D eigenvalue weighted by Gasteiger charge is -2.10. The average molecular weight is 272 g/mol. The number of methoxy groups -OCH3 is 1. The molecule has 1 aromatic heterocycles. The predicted molar refractivity (Wildman–Crippen MR) is 75.1 cm³/mol. The lowest BCUT2D eigenvalue weighted by Crippen LogP contribution is -2.15. The largest absolute Gasteiger partial charge is 0.495 e. The molecule has 0 fully saturated rings. The first-order valence-electron chi connectivity index (χ1n) is 6.15. The molecule has 0 aliphatic carbocycles. The summed E-state index contributed by atoms with van der Waals surface area (Å²) < 4.78 is 20.0. The van der Waals surface area contributed by atoms with Gasteiger partial charge in [0.15, 0.2) is 0 Å². The van der Waals surface area contributed by atoms with E-state index in [9.17, 15) is 9.18 Å². The molecule has 1 N–H and O–H groups in total. The summed E-state index contributed by atoms with van der Waals surface area (Å²) in [6, 6.07) is 9.77. The van der Waals surface area contributed by atoms with E-state index in [1.807, 2.05) is 19.1 Å². The summed E-state index contributed by atoms with van der Waals surface area (Å²) in [5.74, 6) is 0.199. The first kappa shape index (κ1) is 12.5. The van der Waals surface area contributed by atoms with E-state index in [4.69, 9.17) is 4.74 Å². The fourth-order valence-corrected chi connectivity index (χ4v) is 2.30. The smallest absolute Gasteiger partial charge is 0.331 e. The Bertz CT molecular complexity index is 849. The van der Waals surface area contributed by atoms with Crippen molar-refractivity contribution in [2.45, 2.75) is 6.92 Å². The Labute approximate surface area is 114 Å². The number of halogens is 1. The molecule has 20 heavy (non-hydrogen) atoms. The number of hydrogen-bond acceptors (Lipinski definition) is 2. The van der Waals surface area contributed by atoms with Gasteiger partial charge in [-0.05, 0) is 42.8 Å². The Hall–Kier alpha value is -2.56. The van der Waals surface area contributed by atoms with E-state index in [0.29, 0.717) is 22.5 Å². The number of ether oxygens (including phenoxy) is 1. The molecular formula is C15H13FN2O2. The molecule has 2 aromatic carbocycles. The molecular weight excluding hydrogens is 259 g/mol. The van der Waals surface area contributed by atoms with Gasteiger partial charge in [0, 0.05) is 0 Å². The lowest BCUT2D eigenvalue weighted by molar-refractivity contribution is 0.413. The van der Waals surface area contributed by atoms with Gasteiger partial charge in [0.2, 0.25) is 0 Å². The molecule has 1 heterocycles. The summed E-state index contributed by atoms with van der Waals surface area (Å²) in [7, 11) is 1.55. The maximum Gasteiger partial charge on any atom is 0.331 e. The standard InChI is InChI=1S/C15H13FN2O2/c1-9-3-6-14(20-2)13(7-9)18-12-5-4-10(16)8-11(12)17-15(18)19/h3-8H,1-2H3,(H,17,19). The molecule has 0 spiro atoms. The quantitative estimate of drug-likeness (QED) is 0.779. The van der Waals surface area contributed by atoms with Crippen LogP contribution in [0.25, 0.3) is 16.7 Å². The summed E-state index contributed by atoms with van der Waals surface area (Å²) in [4.78, 5) is 14.8. The van der Waals surface area contributed by atoms with Crippen LogP contribution < -0.4 is 10.4 Å². The SMILES string of the molecule is COc1ccc(C)cc1-n1c(=O)[nH]c2cc(F)ccc21. The minimum atomic E-state index is -0.387. The molecule has 0 aliphatic heterocycles. The third-order valence-electron chi connectivity index (χ3n) is 3.22. The number of aromatic amines is 1. The second-order valence-corrected chi connectivity index (χ2v) is 4.60. The highest BCUT2D eigenvalue weighted by atomic mass is 19.1. The highest BCUT2D eigenvalue weighted by Gasteiger charge is 2.13. The van der Waals surface area contributed by atoms with Crippen LogP contribution in [0.2, 0.25) is 0 Å². The second-order valence-electron chi connectivity index (χ2n) is 4.60. The van der Waals surface area contributed by atoms with Gasteiger partial charge in [-0.2, -0.15) is 0 Å². The molecule has 5 heteroatoms. The number of hydrogen-bond donors (Lipinski definition) is 1. The maximum absolute atomic E-state index is 13.2. The first-order chi connectivity index (χ1) is 9.60. The van der Waals surface area contributed by atoms with E-state index in [2.05, 4.69) is 4.98 Å². The Morgan fingerprint density at radius 1 is 1.20 bits per heavy atom. The lowest BCUT2D eigenvalue weighted by atomic mass is 10.2. The van der Waals surface area contributed by atoms with Gasteiger partial charge in [0.1, 0.15) is 11.6 Å². The Balaban J connectivity index is 2.37. The molecule has 102 valence electrons. The van der Waals surface area contributed by atoms with Gasteiger partial charge in [0.25, 0.3) is 0 Å². The van der Waals surface area contributed by atoms with Crippen molar-refractivity contribution in [3.8, 4) is 11.4 Å². The molecule has 4 nitrogen and oxygen atoms in total. The average Bonchev–Trinajstić information content (AvgIpc) is 2.73. The third kappa shape index (κ3) is 1.87. The van der Waals surface area contributed by atoms with Crippen molar-refractivity contribution < 1.29 is 9.13 Å². The Kier molecular flexibility index (Phi) is 2.82. The zero-order valence-corrected chi connectivity index (χ0v) is 11.1. The summed E-state index contributed by atoms with van der Waals surface area (Å²) in [5.41, 5.74) is 2.38. The van der Waals surface area contributed by atoms with Crippen LogP contribution in [0.5, 0.6) is 5.75 Å². The Morgan fingerprint density at radius 3 is 2.75 bits per heavy atom. The van der Waals surface area contributed by atoms with Crippen molar-refractivity contribution in [3.63, 3.8) is 0 Å². The number of nitrogens with one attached hydrogen (secondary N) is 1. The summed E-state index contributed by atoms with van der Waals surface area (Å²) in [5, 5.41) is 0. The van der Waals surface area contributed by atoms with E-state index in [0.717, 1.165) is 5.56 Å². The van der Waals surface area contributed by atoms with Crippen LogP contribution >= 0.6 is 0 Å². The van der Waals surface area contributed by atoms with Gasteiger partial charge in [-0.25, -0.2) is 9.18 Å². The number of benzene rings is 2. The van der Waals surface area contributed by atoms with Crippen LogP contribution in [0.4, 0.5) is 4.39 Å². The topological polar surface area (TPSA) is 47.0 Å². The summed E-state index contributed by atoms with van der Waals surface area (Å²) >= 11 is 0. The number of aromatic nitrogens is 2. The van der Waals surface area contributed by atoms with Crippen LogP contribution in [0, 0.1) is 12.7 Å². The van der Waals surface area contributed by atoms with Crippen LogP contribution in [-0.4, -0.2) is 16.7 Å². The van der Waals surface area contributed by atoms with Gasteiger partial charge >= 0.3 is 5.69 Å². The molecule has 0 saturated heterocycles. The Morgan fingerprint density at radius 2 is 2.00 bits per heavy atom. The number of rotatable bonds is 2. The molecule has 0 bridgehead atoms. The minimum absolute atomic E-state index is 0.325. The molecule has 0 unspecified atom stereocenters. The van der Waals surface area contributed by atoms with Gasteiger partial charge < -0.3 is 9.72 Å². The third-order valence-corrected chi connectivity index (χ3v) is 3.22. The molecule has 0 atom stereocenters. The second kappa shape index (κ2) is 4.52. The first-order valence-corrected chi connectivity index (χ1v) is 6.15. The fraction of sp³-hybridized carbons (Fsp3) is 0.133. The van der Waals surface area contributed by atoms with E-state index in [1.165, 1.54) is 16.7 Å². The van der Waals surface area contributed by atoms with Crippen molar-refractivity contribution in [1.82, 2.24) is 9.55 Å². The van der Waals surface area contributed by atoms with E-state index < -0.39 is 0 Å². The van der Waals surface area contributed by atoms with Gasteiger partial charge in [-0.3, -0.25) is 4.57 Å². The van der Waals surface area contributed by atoms with Crippen molar-refractivity contribution >= 4 is 11.0 Å². The van der Waals surface area contributed by atoms with Crippen molar-refractivity contribution in [2.75, 3.05) is 7.11 Å². The maximum atomic E-state index is 13.2. The molecule has 3 rings (SSSR count). The number of imidazole rings is 1. The number of aryl methyl sites for hydroxylation is 1. The summed E-state index contributed by atoms with van der Waals surface area (Å²) in [6.07, 6.45) is 0. The number of H-pyrrole nitrogens is 1. The van der Waals surface area contributed by atoms with E-state index in [1.54, 1.807) is 19.2 Å². The van der Waals surface area contributed by atoms with Crippen LogP contribution in [0.3, 0.4) is 0 Å². The number of fused-ring (bicyclic) bond motifs is 1. The molecule has 3 aromatic rings. The zero-order chi connectivity index (χ0) is 14.3. The van der Waals surface area contributed by atoms with Crippen molar-refractivity contribution in [2.24, 2.45) is 0 Å². The van der Waals surface area contributed by atoms with Crippen molar-refractivity contribution in [3.05, 3.63) is 58.3 Å². The zero-order valence-electron chi connectivity index (χ0n) is 11.1. The molecule has 0 radical (unpaired) electrons.